The van der Waals surface area contributed by atoms with Crippen LogP contribution in [0.2, 0.25) is 0 Å². The van der Waals surface area contributed by atoms with Crippen LogP contribution in [-0.2, 0) is 52.6 Å². The molecule has 1 saturated heterocycles. The summed E-state index contributed by atoms with van der Waals surface area (Å²) in [7, 11) is 1.16. The Labute approximate surface area is 516 Å². The van der Waals surface area contributed by atoms with Crippen LogP contribution in [0.3, 0.4) is 0 Å². The third kappa shape index (κ3) is 23.2. The number of alkyl halides is 13. The SMILES string of the molecule is COC(CCCNC(=O)C(COC(=O)NCCCCC(C=O)NC(=O)C(CO)NC(=O)C(CC(=O)O)NC(=O)CNC(=O)C(N)CCCN=C(N)N)NC(=O)CCC(F)(F)C(F)(F)C(F)(F)C(F)(F)C(F)(F)C(F)(F)F)Nc1ccn(C2OC(CO)C(O)C2O)c(=O)n1. The first-order chi connectivity index (χ1) is 43.1. The number of alkyl carbamates (subject to hydrolysis) is 1. The molecule has 1 aliphatic heterocycles. The second-order valence-corrected chi connectivity index (χ2v) is 20.2. The molecule has 0 radical (unpaired) electrons. The molecule has 0 saturated carbocycles. The van der Waals surface area contributed by atoms with Gasteiger partial charge in [0, 0.05) is 45.8 Å². The molecule has 1 aliphatic rings. The highest BCUT2D eigenvalue weighted by atomic mass is 19.4. The fourth-order valence-corrected chi connectivity index (χ4v) is 7.90. The number of aldehydes is 1. The zero-order valence-electron chi connectivity index (χ0n) is 48.6. The number of hydrogen-bond donors (Lipinski definition) is 16. The molecule has 10 atom stereocenters. The Kier molecular flexibility index (Phi) is 31.3. The van der Waals surface area contributed by atoms with Crippen molar-refractivity contribution in [1.29, 1.82) is 0 Å². The molecule has 93 heavy (non-hydrogen) atoms. The first-order valence-electron chi connectivity index (χ1n) is 27.3. The lowest BCUT2D eigenvalue weighted by Gasteiger charge is -2.39. The quantitative estimate of drug-likeness (QED) is 0.00761. The monoisotopic (exact) mass is 1380 g/mol. The Morgan fingerprint density at radius 1 is 0.742 bits per heavy atom. The van der Waals surface area contributed by atoms with Crippen molar-refractivity contribution < 1.29 is 140 Å². The van der Waals surface area contributed by atoms with Gasteiger partial charge in [-0.15, -0.1) is 0 Å². The lowest BCUT2D eigenvalue weighted by molar-refractivity contribution is -0.440. The highest BCUT2D eigenvalue weighted by Gasteiger charge is 2.90. The number of methoxy groups -OCH3 is 1. The van der Waals surface area contributed by atoms with E-state index in [1.165, 1.54) is 6.07 Å². The summed E-state index contributed by atoms with van der Waals surface area (Å²) in [5, 5.41) is 65.7. The number of amides is 7. The number of carbonyl (C=O) groups is 9. The van der Waals surface area contributed by atoms with E-state index in [-0.39, 0.29) is 76.1 Å². The number of aliphatic hydroxyl groups excluding tert-OH is 4. The van der Waals surface area contributed by atoms with Crippen LogP contribution in [0.15, 0.2) is 22.1 Å². The predicted octanol–water partition coefficient (Wildman–Crippen LogP) is -3.35. The zero-order valence-corrected chi connectivity index (χ0v) is 48.6. The summed E-state index contributed by atoms with van der Waals surface area (Å²) in [4.78, 5) is 133. The number of carboxylic acid groups (broad SMARTS) is 1. The van der Waals surface area contributed by atoms with Crippen LogP contribution in [0.1, 0.15) is 70.4 Å². The van der Waals surface area contributed by atoms with Gasteiger partial charge in [0.15, 0.2) is 12.2 Å². The fourth-order valence-electron chi connectivity index (χ4n) is 7.90. The Morgan fingerprint density at radius 3 is 1.91 bits per heavy atom. The Balaban J connectivity index is 2.11. The average molecular weight is 1380 g/mol. The molecular weight excluding hydrogens is 1310 g/mol. The average Bonchev–Trinajstić information content (AvgIpc) is 1.21. The molecule has 530 valence electrons. The summed E-state index contributed by atoms with van der Waals surface area (Å²) in [6.07, 6.45) is -21.4. The van der Waals surface area contributed by atoms with Gasteiger partial charge < -0.3 is 104 Å². The molecule has 1 aromatic heterocycles. The molecule has 1 fully saturated rings. The number of nitrogens with zero attached hydrogens (tertiary/aromatic N) is 3. The molecular formula is C48H69F13N14O18. The van der Waals surface area contributed by atoms with E-state index in [1.54, 1.807) is 5.32 Å². The van der Waals surface area contributed by atoms with E-state index in [0.717, 1.165) is 17.9 Å². The van der Waals surface area contributed by atoms with Crippen molar-refractivity contribution >= 4 is 65.6 Å². The van der Waals surface area contributed by atoms with Gasteiger partial charge in [-0.25, -0.2) is 9.59 Å². The Bertz CT molecular complexity index is 2790. The van der Waals surface area contributed by atoms with Crippen LogP contribution in [0.5, 0.6) is 0 Å². The third-order valence-corrected chi connectivity index (χ3v) is 13.1. The van der Waals surface area contributed by atoms with Gasteiger partial charge in [0.1, 0.15) is 61.4 Å². The lowest BCUT2D eigenvalue weighted by atomic mass is 9.92. The molecule has 7 amide bonds. The first-order valence-corrected chi connectivity index (χ1v) is 27.3. The standard InChI is InChI=1S/C48H69F13N14O18/c1-91-31(73-28-10-15-75(41(89)74-28)39-34(84)33(83)27(20-78)93-39)8-5-13-65-36(86)26(71-29(79)9-11-43(49,50)44(51,52)45(53,54)46(55,56)47(57,58)48(59,60)61)21-92-42(90)67-12-3-2-6-22(18-76)69-38(88)25(19-77)72-37(87)24(16-32(81)82)70-30(80)17-68-35(85)23(62)7-4-14-66-40(63)64/h10,15,18,22-27,31,33-34,39,77-78,83-84H,2-9,11-14,16-17,19-21,62H2,1H3,(H,65,86)(H,67,90)(H,68,85)(H,69,88)(H,70,80)(H,71,79)(H,72,87)(H,81,82)(H4,63,64,66)(H,73,74,89). The minimum atomic E-state index is -8.22. The molecule has 2 rings (SSSR count). The van der Waals surface area contributed by atoms with Gasteiger partial charge in [0.05, 0.1) is 38.3 Å². The van der Waals surface area contributed by atoms with Crippen LogP contribution in [0.4, 0.5) is 67.7 Å². The van der Waals surface area contributed by atoms with Gasteiger partial charge in [-0.05, 0) is 51.0 Å². The number of carbonyl (C=O) groups excluding carboxylic acids is 8. The number of rotatable bonds is 41. The van der Waals surface area contributed by atoms with Gasteiger partial charge in [0.2, 0.25) is 35.4 Å². The normalized spacial score (nSPS) is 18.2. The number of anilines is 1. The van der Waals surface area contributed by atoms with E-state index in [1.807, 2.05) is 10.6 Å². The number of aliphatic imine (C=N–C) groups is 1. The van der Waals surface area contributed by atoms with Crippen molar-refractivity contribution in [1.82, 2.24) is 46.8 Å². The minimum absolute atomic E-state index is 0.0641. The number of guanidine groups is 1. The van der Waals surface area contributed by atoms with Crippen LogP contribution in [-0.4, -0.2) is 238 Å². The van der Waals surface area contributed by atoms with E-state index in [2.05, 4.69) is 36.6 Å². The molecule has 45 heteroatoms. The highest BCUT2D eigenvalue weighted by molar-refractivity contribution is 5.95. The van der Waals surface area contributed by atoms with E-state index >= 15 is 0 Å². The number of aliphatic hydroxyl groups is 4. The number of nitrogens with two attached hydrogens (primary N) is 3. The topological polar surface area (TPSA) is 504 Å². The zero-order chi connectivity index (χ0) is 71.0. The van der Waals surface area contributed by atoms with Gasteiger partial charge >= 0.3 is 53.5 Å². The van der Waals surface area contributed by atoms with Crippen molar-refractivity contribution in [3.63, 3.8) is 0 Å². The smallest absolute Gasteiger partial charge is 0.460 e. The number of aromatic nitrogens is 2. The van der Waals surface area contributed by atoms with Crippen LogP contribution in [0.25, 0.3) is 0 Å². The van der Waals surface area contributed by atoms with Crippen LogP contribution >= 0.6 is 0 Å². The highest BCUT2D eigenvalue weighted by Crippen LogP contribution is 2.60. The van der Waals surface area contributed by atoms with Gasteiger partial charge in [0.25, 0.3) is 0 Å². The molecule has 0 bridgehead atoms. The van der Waals surface area contributed by atoms with E-state index in [9.17, 15) is 131 Å². The van der Waals surface area contributed by atoms with Crippen molar-refractivity contribution in [2.24, 2.45) is 22.2 Å². The van der Waals surface area contributed by atoms with E-state index in [4.69, 9.17) is 31.4 Å². The molecule has 0 spiro atoms. The maximum absolute atomic E-state index is 14.6. The summed E-state index contributed by atoms with van der Waals surface area (Å²) >= 11 is 0. The number of aliphatic carboxylic acids is 1. The molecule has 10 unspecified atom stereocenters. The number of hydrogen-bond acceptors (Lipinski definition) is 21. The number of carboxylic acids is 1. The largest absolute Gasteiger partial charge is 0.481 e. The van der Waals surface area contributed by atoms with E-state index < -0.39 is 202 Å². The molecule has 0 aromatic carbocycles. The predicted molar refractivity (Wildman–Crippen MR) is 285 cm³/mol. The van der Waals surface area contributed by atoms with Crippen LogP contribution in [0, 0.1) is 0 Å². The first kappa shape index (κ1) is 81.1. The molecule has 1 aromatic rings. The maximum Gasteiger partial charge on any atom is 0.460 e. The van der Waals surface area contributed by atoms with Crippen molar-refractivity contribution in [3.8, 4) is 0 Å². The minimum Gasteiger partial charge on any atom is -0.481 e. The van der Waals surface area contributed by atoms with Gasteiger partial charge in [-0.1, -0.05) is 0 Å². The summed E-state index contributed by atoms with van der Waals surface area (Å²) in [6, 6.07) is -7.37. The molecule has 32 nitrogen and oxygen atoms in total. The van der Waals surface area contributed by atoms with Gasteiger partial charge in [-0.2, -0.15) is 62.1 Å². The van der Waals surface area contributed by atoms with Crippen molar-refractivity contribution in [3.05, 3.63) is 22.7 Å². The number of unbranched alkanes of at least 4 members (excludes halogenated alkanes) is 1. The van der Waals surface area contributed by atoms with E-state index in [0.29, 0.717) is 0 Å². The number of ether oxygens (including phenoxy) is 3. The van der Waals surface area contributed by atoms with Crippen LogP contribution < -0.4 is 65.4 Å². The maximum atomic E-state index is 14.6. The second-order valence-electron chi connectivity index (χ2n) is 20.2. The molecule has 19 N–H and O–H groups in total. The summed E-state index contributed by atoms with van der Waals surface area (Å²) in [5.74, 6) is -48.7. The number of halogens is 13. The fraction of sp³-hybridized carbons (Fsp3) is 0.708. The Morgan fingerprint density at radius 2 is 1.35 bits per heavy atom. The molecule has 0 aliphatic carbocycles. The Hall–Kier alpha value is -8.01. The second kappa shape index (κ2) is 35.9. The lowest BCUT2D eigenvalue weighted by Crippen LogP contribution is -2.70. The summed E-state index contributed by atoms with van der Waals surface area (Å²) < 4.78 is 194. The van der Waals surface area contributed by atoms with Crippen molar-refractivity contribution in [2.45, 2.75) is 161 Å². The summed E-state index contributed by atoms with van der Waals surface area (Å²) in [6.45, 7) is -4.69. The summed E-state index contributed by atoms with van der Waals surface area (Å²) in [5.41, 5.74) is 15.1. The van der Waals surface area contributed by atoms with Crippen molar-refractivity contribution in [2.75, 3.05) is 58.4 Å². The molecule has 2 heterocycles. The van der Waals surface area contributed by atoms with Gasteiger partial charge in [-0.3, -0.25) is 43.1 Å². The number of nitrogens with one attached hydrogen (secondary N) is 8. The third-order valence-electron chi connectivity index (χ3n) is 13.1.